The number of nitrogens with two attached hydrogens (primary N) is 1. The molecule has 1 fully saturated rings. The molecule has 0 bridgehead atoms. The van der Waals surface area contributed by atoms with E-state index in [2.05, 4.69) is 50.1 Å². The summed E-state index contributed by atoms with van der Waals surface area (Å²) in [7, 11) is 2.14. The summed E-state index contributed by atoms with van der Waals surface area (Å²) in [4.78, 5) is 2.34. The third-order valence-electron chi connectivity index (χ3n) is 6.72. The molecule has 1 saturated heterocycles. The number of aliphatic hydroxyl groups excluding tert-OH is 1. The maximum Gasteiger partial charge on any atom is 0.185 e. The predicted molar refractivity (Wildman–Crippen MR) is 131 cm³/mol. The second-order valence-corrected chi connectivity index (χ2v) is 9.02. The van der Waals surface area contributed by atoms with Crippen molar-refractivity contribution in [3.8, 4) is 0 Å². The van der Waals surface area contributed by atoms with Crippen molar-refractivity contribution < 1.29 is 14.6 Å². The van der Waals surface area contributed by atoms with E-state index in [4.69, 9.17) is 15.2 Å². The normalized spacial score (nSPS) is 24.0. The van der Waals surface area contributed by atoms with Gasteiger partial charge in [-0.25, -0.2) is 0 Å². The SMILES string of the molecule is C[C@H]1[C@@H](CN(C)[C@@H](C)c2ccccc2)O[C@@H](c2cccc(N)c2)O[C@H]1c1ccc(CO)cc1. The highest BCUT2D eigenvalue weighted by atomic mass is 16.7. The molecule has 4 rings (SSSR count). The van der Waals surface area contributed by atoms with Gasteiger partial charge in [-0.2, -0.15) is 0 Å². The van der Waals surface area contributed by atoms with Crippen LogP contribution >= 0.6 is 0 Å². The maximum absolute atomic E-state index is 9.43. The summed E-state index contributed by atoms with van der Waals surface area (Å²) in [5, 5.41) is 9.43. The van der Waals surface area contributed by atoms with Gasteiger partial charge in [0.25, 0.3) is 0 Å². The number of benzene rings is 3. The lowest BCUT2D eigenvalue weighted by Gasteiger charge is -2.43. The highest BCUT2D eigenvalue weighted by Gasteiger charge is 2.39. The summed E-state index contributed by atoms with van der Waals surface area (Å²) < 4.78 is 13.0. The Labute approximate surface area is 196 Å². The van der Waals surface area contributed by atoms with E-state index in [9.17, 15) is 5.11 Å². The summed E-state index contributed by atoms with van der Waals surface area (Å²) in [6, 6.07) is 26.5. The fraction of sp³-hybridized carbons (Fsp3) is 0.357. The van der Waals surface area contributed by atoms with Gasteiger partial charge in [-0.15, -0.1) is 0 Å². The average Bonchev–Trinajstić information content (AvgIpc) is 2.85. The minimum atomic E-state index is -0.502. The van der Waals surface area contributed by atoms with Crippen LogP contribution in [0.1, 0.15) is 54.5 Å². The quantitative estimate of drug-likeness (QED) is 0.486. The molecule has 1 aliphatic rings. The van der Waals surface area contributed by atoms with Crippen LogP contribution in [0.3, 0.4) is 0 Å². The number of rotatable bonds is 7. The summed E-state index contributed by atoms with van der Waals surface area (Å²) in [6.45, 7) is 5.21. The van der Waals surface area contributed by atoms with Crippen molar-refractivity contribution in [2.24, 2.45) is 5.92 Å². The van der Waals surface area contributed by atoms with Crippen LogP contribution in [-0.2, 0) is 16.1 Å². The Hall–Kier alpha value is -2.70. The Morgan fingerprint density at radius 2 is 1.67 bits per heavy atom. The van der Waals surface area contributed by atoms with Crippen LogP contribution in [0.5, 0.6) is 0 Å². The first kappa shape index (κ1) is 23.5. The van der Waals surface area contributed by atoms with Gasteiger partial charge in [0.05, 0.1) is 18.8 Å². The first-order valence-electron chi connectivity index (χ1n) is 11.6. The molecule has 5 heteroatoms. The number of hydrogen-bond donors (Lipinski definition) is 2. The van der Waals surface area contributed by atoms with Crippen LogP contribution in [0.2, 0.25) is 0 Å². The number of aliphatic hydroxyl groups is 1. The Morgan fingerprint density at radius 1 is 0.939 bits per heavy atom. The molecular formula is C28H34N2O3. The number of nitrogens with zero attached hydrogens (tertiary/aromatic N) is 1. The van der Waals surface area contributed by atoms with Crippen molar-refractivity contribution in [1.29, 1.82) is 0 Å². The van der Waals surface area contributed by atoms with E-state index in [-0.39, 0.29) is 30.8 Å². The molecule has 1 aliphatic heterocycles. The largest absolute Gasteiger partial charge is 0.399 e. The average molecular weight is 447 g/mol. The molecular weight excluding hydrogens is 412 g/mol. The van der Waals surface area contributed by atoms with E-state index in [1.165, 1.54) is 5.56 Å². The number of likely N-dealkylation sites (N-methyl/N-ethyl adjacent to an activating group) is 1. The van der Waals surface area contributed by atoms with Crippen LogP contribution in [0.25, 0.3) is 0 Å². The van der Waals surface area contributed by atoms with E-state index >= 15 is 0 Å². The molecule has 0 radical (unpaired) electrons. The van der Waals surface area contributed by atoms with Crippen molar-refractivity contribution in [3.63, 3.8) is 0 Å². The minimum Gasteiger partial charge on any atom is -0.399 e. The second kappa shape index (κ2) is 10.5. The number of anilines is 1. The molecule has 5 atom stereocenters. The molecule has 3 aromatic carbocycles. The van der Waals surface area contributed by atoms with Crippen molar-refractivity contribution in [3.05, 3.63) is 101 Å². The molecule has 3 aromatic rings. The van der Waals surface area contributed by atoms with E-state index in [0.717, 1.165) is 23.2 Å². The summed E-state index contributed by atoms with van der Waals surface area (Å²) in [5.41, 5.74) is 10.9. The zero-order valence-corrected chi connectivity index (χ0v) is 19.6. The van der Waals surface area contributed by atoms with Gasteiger partial charge >= 0.3 is 0 Å². The van der Waals surface area contributed by atoms with E-state index < -0.39 is 6.29 Å². The molecule has 0 aromatic heterocycles. The Kier molecular flexibility index (Phi) is 7.46. The first-order chi connectivity index (χ1) is 16.0. The lowest BCUT2D eigenvalue weighted by molar-refractivity contribution is -0.276. The molecule has 3 N–H and O–H groups in total. The third-order valence-corrected chi connectivity index (χ3v) is 6.72. The molecule has 0 unspecified atom stereocenters. The summed E-state index contributed by atoms with van der Waals surface area (Å²) in [6.07, 6.45) is -0.676. The molecule has 0 amide bonds. The van der Waals surface area contributed by atoms with Crippen molar-refractivity contribution >= 4 is 5.69 Å². The number of hydrogen-bond acceptors (Lipinski definition) is 5. The monoisotopic (exact) mass is 446 g/mol. The Bertz CT molecular complexity index is 1020. The molecule has 0 spiro atoms. The number of ether oxygens (including phenoxy) is 2. The first-order valence-corrected chi connectivity index (χ1v) is 11.6. The lowest BCUT2D eigenvalue weighted by Crippen LogP contribution is -2.44. The van der Waals surface area contributed by atoms with Gasteiger partial charge in [-0.05, 0) is 42.8 Å². The topological polar surface area (TPSA) is 68.0 Å². The van der Waals surface area contributed by atoms with Crippen LogP contribution in [0.15, 0.2) is 78.9 Å². The van der Waals surface area contributed by atoms with Crippen molar-refractivity contribution in [1.82, 2.24) is 4.90 Å². The van der Waals surface area contributed by atoms with Crippen molar-refractivity contribution in [2.75, 3.05) is 19.3 Å². The summed E-state index contributed by atoms with van der Waals surface area (Å²) in [5.74, 6) is 0.132. The fourth-order valence-corrected chi connectivity index (χ4v) is 4.46. The smallest absolute Gasteiger partial charge is 0.185 e. The lowest BCUT2D eigenvalue weighted by atomic mass is 9.89. The zero-order chi connectivity index (χ0) is 23.4. The van der Waals surface area contributed by atoms with Gasteiger partial charge in [0.1, 0.15) is 0 Å². The molecule has 1 heterocycles. The van der Waals surface area contributed by atoms with Crippen LogP contribution in [0, 0.1) is 5.92 Å². The van der Waals surface area contributed by atoms with Gasteiger partial charge in [0.15, 0.2) is 6.29 Å². The molecule has 33 heavy (non-hydrogen) atoms. The molecule has 5 nitrogen and oxygen atoms in total. The Morgan fingerprint density at radius 3 is 2.33 bits per heavy atom. The van der Waals surface area contributed by atoms with Gasteiger partial charge < -0.3 is 20.3 Å². The fourth-order valence-electron chi connectivity index (χ4n) is 4.46. The van der Waals surface area contributed by atoms with Gasteiger partial charge in [-0.1, -0.05) is 73.7 Å². The number of nitrogen functional groups attached to an aromatic ring is 1. The van der Waals surface area contributed by atoms with E-state index in [1.54, 1.807) is 0 Å². The van der Waals surface area contributed by atoms with E-state index in [0.29, 0.717) is 5.69 Å². The second-order valence-electron chi connectivity index (χ2n) is 9.02. The van der Waals surface area contributed by atoms with Gasteiger partial charge in [0.2, 0.25) is 0 Å². The van der Waals surface area contributed by atoms with Crippen molar-refractivity contribution in [2.45, 2.75) is 45.0 Å². The highest BCUT2D eigenvalue weighted by Crippen LogP contribution is 2.42. The zero-order valence-electron chi connectivity index (χ0n) is 19.6. The minimum absolute atomic E-state index is 0.0289. The highest BCUT2D eigenvalue weighted by molar-refractivity contribution is 5.41. The molecule has 174 valence electrons. The van der Waals surface area contributed by atoms with Crippen LogP contribution in [-0.4, -0.2) is 29.7 Å². The molecule has 0 saturated carbocycles. The Balaban J connectivity index is 1.59. The van der Waals surface area contributed by atoms with Crippen LogP contribution in [0.4, 0.5) is 5.69 Å². The third kappa shape index (κ3) is 5.45. The van der Waals surface area contributed by atoms with Gasteiger partial charge in [0, 0.05) is 29.8 Å². The van der Waals surface area contributed by atoms with E-state index in [1.807, 2.05) is 54.6 Å². The standard InChI is InChI=1S/C28H34N2O3/c1-19-26(17-30(3)20(2)22-8-5-4-6-9-22)32-28(24-10-7-11-25(29)16-24)33-27(19)23-14-12-21(18-31)13-15-23/h4-16,19-20,26-28,31H,17-18,29H2,1-3H3/t19-,20-,26+,27+,28+/m0/s1. The van der Waals surface area contributed by atoms with Crippen LogP contribution < -0.4 is 5.73 Å². The maximum atomic E-state index is 9.43. The predicted octanol–water partition coefficient (Wildman–Crippen LogP) is 5.25. The summed E-state index contributed by atoms with van der Waals surface area (Å²) >= 11 is 0. The molecule has 0 aliphatic carbocycles. The van der Waals surface area contributed by atoms with Gasteiger partial charge in [-0.3, -0.25) is 4.90 Å².